The van der Waals surface area contributed by atoms with Crippen LogP contribution in [-0.2, 0) is 14.3 Å². The Bertz CT molecular complexity index is 773. The number of ether oxygens (including phenoxy) is 1. The number of esters is 1. The number of allylic oxidation sites excluding steroid dienone is 2. The molecule has 1 aromatic rings. The lowest BCUT2D eigenvalue weighted by molar-refractivity contribution is -0.122. The zero-order chi connectivity index (χ0) is 18.5. The molecule has 1 aliphatic carbocycles. The van der Waals surface area contributed by atoms with Gasteiger partial charge in [0, 0.05) is 4.88 Å². The fraction of sp³-hybridized carbons (Fsp3) is 0.526. The van der Waals surface area contributed by atoms with E-state index in [1.54, 1.807) is 6.92 Å². The second-order valence-corrected chi connectivity index (χ2v) is 8.08. The van der Waals surface area contributed by atoms with Gasteiger partial charge in [-0.25, -0.2) is 9.69 Å². The van der Waals surface area contributed by atoms with Gasteiger partial charge in [0.1, 0.15) is 5.00 Å². The molecule has 6 heteroatoms. The first-order valence-electron chi connectivity index (χ1n) is 8.58. The summed E-state index contributed by atoms with van der Waals surface area (Å²) in [7, 11) is 0. The minimum absolute atomic E-state index is 0.186. The molecule has 2 heterocycles. The third kappa shape index (κ3) is 2.72. The summed E-state index contributed by atoms with van der Waals surface area (Å²) in [5.74, 6) is -1.47. The van der Waals surface area contributed by atoms with Crippen LogP contribution in [-0.4, -0.2) is 24.4 Å². The van der Waals surface area contributed by atoms with Crippen molar-refractivity contribution in [3.05, 3.63) is 27.2 Å². The number of anilines is 1. The van der Waals surface area contributed by atoms with Gasteiger partial charge in [0.05, 0.1) is 24.0 Å². The Morgan fingerprint density at radius 1 is 1.08 bits per heavy atom. The van der Waals surface area contributed by atoms with Crippen LogP contribution in [0.3, 0.4) is 0 Å². The highest BCUT2D eigenvalue weighted by molar-refractivity contribution is 7.17. The number of rotatable bonds is 3. The largest absolute Gasteiger partial charge is 0.462 e. The van der Waals surface area contributed by atoms with Crippen LogP contribution >= 0.6 is 11.3 Å². The third-order valence-corrected chi connectivity index (χ3v) is 6.58. The summed E-state index contributed by atoms with van der Waals surface area (Å²) in [6.07, 6.45) is 1.24. The molecule has 25 heavy (non-hydrogen) atoms. The standard InChI is InChI=1S/C19H23NO4S/c1-6-24-19(23)15-11(4)12(5)25-18(15)20-16(21)13-7-9(2)10(3)8-14(13)17(20)22/h13-14H,6-8H2,1-5H3/t13-,14-/m1/s1. The van der Waals surface area contributed by atoms with E-state index < -0.39 is 5.97 Å². The molecule has 1 saturated heterocycles. The maximum atomic E-state index is 13.0. The average Bonchev–Trinajstić information content (AvgIpc) is 2.96. The SMILES string of the molecule is CCOC(=O)c1c(N2C(=O)[C@@H]3CC(C)=C(C)C[C@H]3C2=O)sc(C)c1C. The van der Waals surface area contributed by atoms with Gasteiger partial charge in [0.25, 0.3) is 0 Å². The van der Waals surface area contributed by atoms with Crippen molar-refractivity contribution in [2.24, 2.45) is 11.8 Å². The second kappa shape index (κ2) is 6.41. The number of fused-ring (bicyclic) bond motifs is 1. The lowest BCUT2D eigenvalue weighted by Gasteiger charge is -2.23. The molecule has 0 bridgehead atoms. The molecule has 2 atom stereocenters. The maximum Gasteiger partial charge on any atom is 0.341 e. The minimum atomic E-state index is -0.472. The Kier molecular flexibility index (Phi) is 4.58. The van der Waals surface area contributed by atoms with Crippen molar-refractivity contribution in [3.8, 4) is 0 Å². The maximum absolute atomic E-state index is 13.0. The summed E-state index contributed by atoms with van der Waals surface area (Å²) >= 11 is 1.32. The number of amides is 2. The van der Waals surface area contributed by atoms with Crippen LogP contribution in [0.25, 0.3) is 0 Å². The molecule has 1 aromatic heterocycles. The van der Waals surface area contributed by atoms with Crippen molar-refractivity contribution in [3.63, 3.8) is 0 Å². The Morgan fingerprint density at radius 3 is 2.08 bits per heavy atom. The molecule has 0 radical (unpaired) electrons. The Morgan fingerprint density at radius 2 is 1.60 bits per heavy atom. The number of aryl methyl sites for hydroxylation is 1. The van der Waals surface area contributed by atoms with Crippen LogP contribution in [0.1, 0.15) is 54.4 Å². The van der Waals surface area contributed by atoms with Crippen LogP contribution in [0.15, 0.2) is 11.1 Å². The lowest BCUT2D eigenvalue weighted by atomic mass is 9.78. The smallest absolute Gasteiger partial charge is 0.341 e. The van der Waals surface area contributed by atoms with Crippen molar-refractivity contribution < 1.29 is 19.1 Å². The highest BCUT2D eigenvalue weighted by Gasteiger charge is 2.51. The van der Waals surface area contributed by atoms with E-state index in [1.807, 2.05) is 27.7 Å². The minimum Gasteiger partial charge on any atom is -0.462 e. The second-order valence-electron chi connectivity index (χ2n) is 6.88. The van der Waals surface area contributed by atoms with Crippen LogP contribution < -0.4 is 4.90 Å². The summed E-state index contributed by atoms with van der Waals surface area (Å²) in [6.45, 7) is 9.76. The van der Waals surface area contributed by atoms with Crippen LogP contribution in [0.2, 0.25) is 0 Å². The Labute approximate surface area is 151 Å². The number of hydrogen-bond donors (Lipinski definition) is 0. The average molecular weight is 361 g/mol. The first-order chi connectivity index (χ1) is 11.8. The van der Waals surface area contributed by atoms with Crippen LogP contribution in [0.4, 0.5) is 5.00 Å². The van der Waals surface area contributed by atoms with E-state index in [2.05, 4.69) is 0 Å². The monoisotopic (exact) mass is 361 g/mol. The van der Waals surface area contributed by atoms with Gasteiger partial charge in [-0.1, -0.05) is 11.1 Å². The number of imide groups is 1. The van der Waals surface area contributed by atoms with Gasteiger partial charge in [0.2, 0.25) is 11.8 Å². The van der Waals surface area contributed by atoms with E-state index >= 15 is 0 Å². The molecule has 0 saturated carbocycles. The summed E-state index contributed by atoms with van der Waals surface area (Å²) in [5, 5.41) is 0.424. The van der Waals surface area contributed by atoms with Gasteiger partial charge < -0.3 is 4.74 Å². The van der Waals surface area contributed by atoms with Gasteiger partial charge in [-0.15, -0.1) is 11.3 Å². The topological polar surface area (TPSA) is 63.7 Å². The number of hydrogen-bond acceptors (Lipinski definition) is 5. The molecule has 0 unspecified atom stereocenters. The van der Waals surface area contributed by atoms with Crippen molar-refractivity contribution in [2.45, 2.75) is 47.5 Å². The summed E-state index contributed by atoms with van der Waals surface area (Å²) < 4.78 is 5.16. The molecule has 2 aliphatic rings. The molecule has 134 valence electrons. The zero-order valence-corrected chi connectivity index (χ0v) is 16.1. The van der Waals surface area contributed by atoms with Crippen molar-refractivity contribution in [1.82, 2.24) is 0 Å². The summed E-state index contributed by atoms with van der Waals surface area (Å²) in [6, 6.07) is 0. The predicted octanol–water partition coefficient (Wildman–Crippen LogP) is 3.78. The van der Waals surface area contributed by atoms with Gasteiger partial charge in [-0.05, 0) is 53.0 Å². The van der Waals surface area contributed by atoms with E-state index in [0.29, 0.717) is 23.4 Å². The number of nitrogens with zero attached hydrogens (tertiary/aromatic N) is 1. The molecule has 2 amide bonds. The first-order valence-corrected chi connectivity index (χ1v) is 9.39. The van der Waals surface area contributed by atoms with Gasteiger partial charge in [-0.2, -0.15) is 0 Å². The van der Waals surface area contributed by atoms with Crippen LogP contribution in [0, 0.1) is 25.7 Å². The van der Waals surface area contributed by atoms with Crippen molar-refractivity contribution >= 4 is 34.1 Å². The van der Waals surface area contributed by atoms with Crippen molar-refractivity contribution in [2.75, 3.05) is 11.5 Å². The molecule has 3 rings (SSSR count). The van der Waals surface area contributed by atoms with Gasteiger partial charge in [0.15, 0.2) is 0 Å². The Hall–Kier alpha value is -1.95. The summed E-state index contributed by atoms with van der Waals surface area (Å²) in [4.78, 5) is 40.6. The van der Waals surface area contributed by atoms with E-state index in [0.717, 1.165) is 10.4 Å². The molecule has 1 aliphatic heterocycles. The van der Waals surface area contributed by atoms with Gasteiger partial charge in [-0.3, -0.25) is 9.59 Å². The normalized spacial score (nSPS) is 23.3. The molecule has 1 fully saturated rings. The van der Waals surface area contributed by atoms with Crippen LogP contribution in [0.5, 0.6) is 0 Å². The van der Waals surface area contributed by atoms with E-state index in [4.69, 9.17) is 4.74 Å². The molecule has 0 aromatic carbocycles. The molecule has 0 spiro atoms. The summed E-state index contributed by atoms with van der Waals surface area (Å²) in [5.41, 5.74) is 3.51. The van der Waals surface area contributed by atoms with E-state index in [1.165, 1.54) is 27.4 Å². The fourth-order valence-corrected chi connectivity index (χ4v) is 4.82. The third-order valence-electron chi connectivity index (χ3n) is 5.39. The first kappa shape index (κ1) is 17.9. The molecule has 0 N–H and O–H groups in total. The number of carbonyl (C=O) groups is 3. The zero-order valence-electron chi connectivity index (χ0n) is 15.3. The highest BCUT2D eigenvalue weighted by atomic mass is 32.1. The highest BCUT2D eigenvalue weighted by Crippen LogP contribution is 2.45. The van der Waals surface area contributed by atoms with E-state index in [9.17, 15) is 14.4 Å². The fourth-order valence-electron chi connectivity index (χ4n) is 3.66. The molecular weight excluding hydrogens is 338 g/mol. The quantitative estimate of drug-likeness (QED) is 0.467. The van der Waals surface area contributed by atoms with Gasteiger partial charge >= 0.3 is 5.97 Å². The Balaban J connectivity index is 2.04. The van der Waals surface area contributed by atoms with Crippen molar-refractivity contribution in [1.29, 1.82) is 0 Å². The molecular formula is C19H23NO4S. The number of carbonyl (C=O) groups excluding carboxylic acids is 3. The number of thiophene rings is 1. The lowest BCUT2D eigenvalue weighted by Crippen LogP contribution is -2.31. The predicted molar refractivity (Wildman–Crippen MR) is 96.8 cm³/mol. The molecule has 5 nitrogen and oxygen atoms in total. The van der Waals surface area contributed by atoms with E-state index in [-0.39, 0.29) is 30.3 Å².